The lowest BCUT2D eigenvalue weighted by Gasteiger charge is -2.12. The van der Waals surface area contributed by atoms with Gasteiger partial charge in [0, 0.05) is 22.9 Å². The molecule has 7 nitrogen and oxygen atoms in total. The molecule has 0 bridgehead atoms. The van der Waals surface area contributed by atoms with E-state index in [1.807, 2.05) is 0 Å². The van der Waals surface area contributed by atoms with Crippen LogP contribution in [0.1, 0.15) is 40.6 Å². The van der Waals surface area contributed by atoms with Crippen molar-refractivity contribution in [1.29, 1.82) is 0 Å². The molecule has 3 rings (SSSR count). The van der Waals surface area contributed by atoms with Gasteiger partial charge < -0.3 is 18.3 Å². The lowest BCUT2D eigenvalue weighted by Crippen LogP contribution is -2.14. The molecule has 0 saturated heterocycles. The van der Waals surface area contributed by atoms with Crippen LogP contribution in [0.15, 0.2) is 44.2 Å². The first-order valence-electron chi connectivity index (χ1n) is 8.89. The number of fused-ring (bicyclic) bond motifs is 1. The number of aryl methyl sites for hydroxylation is 2. The van der Waals surface area contributed by atoms with Crippen LogP contribution in [0.5, 0.6) is 5.75 Å². The summed E-state index contributed by atoms with van der Waals surface area (Å²) in [5.41, 5.74) is 1.50. The molecule has 2 heterocycles. The van der Waals surface area contributed by atoms with Crippen LogP contribution in [0, 0.1) is 13.8 Å². The van der Waals surface area contributed by atoms with Crippen LogP contribution in [0.25, 0.3) is 11.0 Å². The average molecular weight is 384 g/mol. The second-order valence-corrected chi connectivity index (χ2v) is 6.23. The number of benzene rings is 1. The zero-order valence-electron chi connectivity index (χ0n) is 15.9. The van der Waals surface area contributed by atoms with E-state index in [0.717, 1.165) is 5.56 Å². The van der Waals surface area contributed by atoms with Gasteiger partial charge in [-0.2, -0.15) is 0 Å². The molecule has 0 amide bonds. The molecule has 0 radical (unpaired) electrons. The maximum atomic E-state index is 12.5. The molecular weight excluding hydrogens is 364 g/mol. The predicted molar refractivity (Wildman–Crippen MR) is 101 cm³/mol. The molecule has 0 aliphatic carbocycles. The minimum Gasteiger partial charge on any atom is -0.466 e. The van der Waals surface area contributed by atoms with Crippen LogP contribution in [0.4, 0.5) is 0 Å². The molecule has 1 aromatic carbocycles. The van der Waals surface area contributed by atoms with E-state index in [0.29, 0.717) is 28.7 Å². The summed E-state index contributed by atoms with van der Waals surface area (Å²) in [4.78, 5) is 36.1. The molecule has 0 saturated carbocycles. The molecule has 28 heavy (non-hydrogen) atoms. The van der Waals surface area contributed by atoms with Gasteiger partial charge in [0.1, 0.15) is 11.3 Å². The van der Waals surface area contributed by atoms with E-state index in [-0.39, 0.29) is 30.3 Å². The molecule has 3 aromatic rings. The van der Waals surface area contributed by atoms with Gasteiger partial charge in [0.05, 0.1) is 12.9 Å². The van der Waals surface area contributed by atoms with Gasteiger partial charge in [-0.1, -0.05) is 0 Å². The quantitative estimate of drug-likeness (QED) is 0.363. The van der Waals surface area contributed by atoms with Crippen molar-refractivity contribution in [2.75, 3.05) is 6.61 Å². The highest BCUT2D eigenvalue weighted by Crippen LogP contribution is 2.30. The van der Waals surface area contributed by atoms with Crippen molar-refractivity contribution in [2.45, 2.75) is 33.6 Å². The van der Waals surface area contributed by atoms with Gasteiger partial charge >= 0.3 is 17.6 Å². The van der Waals surface area contributed by atoms with Crippen molar-refractivity contribution >= 4 is 22.9 Å². The number of carbonyl (C=O) groups is 2. The second kappa shape index (κ2) is 8.12. The Bertz CT molecular complexity index is 1070. The first-order valence-corrected chi connectivity index (χ1v) is 8.89. The molecule has 0 unspecified atom stereocenters. The highest BCUT2D eigenvalue weighted by molar-refractivity contribution is 5.90. The van der Waals surface area contributed by atoms with Crippen LogP contribution in [0.3, 0.4) is 0 Å². The monoisotopic (exact) mass is 384 g/mol. The van der Waals surface area contributed by atoms with Gasteiger partial charge in [0.25, 0.3) is 0 Å². The van der Waals surface area contributed by atoms with Crippen LogP contribution < -0.4 is 10.4 Å². The maximum absolute atomic E-state index is 12.5. The second-order valence-electron chi connectivity index (χ2n) is 6.23. The third-order valence-electron chi connectivity index (χ3n) is 4.46. The summed E-state index contributed by atoms with van der Waals surface area (Å²) in [7, 11) is 0. The number of ether oxygens (including phenoxy) is 2. The molecule has 7 heteroatoms. The van der Waals surface area contributed by atoms with Gasteiger partial charge in [0.2, 0.25) is 5.76 Å². The summed E-state index contributed by atoms with van der Waals surface area (Å²) < 4.78 is 20.8. The predicted octanol–water partition coefficient (Wildman–Crippen LogP) is 3.72. The number of carbonyl (C=O) groups excluding carboxylic acids is 2. The summed E-state index contributed by atoms with van der Waals surface area (Å²) in [6.45, 7) is 5.52. The SMILES string of the molecule is CCOC(=O)CCc1c(C)c2ccc(OC(=O)c3ccco3)c(C)c2oc1=O. The summed E-state index contributed by atoms with van der Waals surface area (Å²) in [5, 5.41) is 0.716. The fraction of sp³-hybridized carbons (Fsp3) is 0.286. The Balaban J connectivity index is 1.93. The Morgan fingerprint density at radius 1 is 1.11 bits per heavy atom. The van der Waals surface area contributed by atoms with Crippen molar-refractivity contribution in [2.24, 2.45) is 0 Å². The topological polar surface area (TPSA) is 96.0 Å². The highest BCUT2D eigenvalue weighted by Gasteiger charge is 2.19. The van der Waals surface area contributed by atoms with Crippen LogP contribution in [0.2, 0.25) is 0 Å². The fourth-order valence-corrected chi connectivity index (χ4v) is 2.98. The van der Waals surface area contributed by atoms with Crippen molar-refractivity contribution < 1.29 is 27.9 Å². The average Bonchev–Trinajstić information content (AvgIpc) is 3.19. The van der Waals surface area contributed by atoms with E-state index in [1.54, 1.807) is 39.0 Å². The number of esters is 2. The standard InChI is InChI=1S/C21H20O7/c1-4-25-18(22)10-8-15-12(2)14-7-9-16(13(3)19(14)28-20(15)23)27-21(24)17-6-5-11-26-17/h5-7,9,11H,4,8,10H2,1-3H3. The lowest BCUT2D eigenvalue weighted by atomic mass is 10.0. The lowest BCUT2D eigenvalue weighted by molar-refractivity contribution is -0.143. The normalized spacial score (nSPS) is 10.8. The zero-order valence-corrected chi connectivity index (χ0v) is 15.9. The Morgan fingerprint density at radius 2 is 1.89 bits per heavy atom. The van der Waals surface area contributed by atoms with E-state index in [1.165, 1.54) is 12.3 Å². The molecule has 2 aromatic heterocycles. The van der Waals surface area contributed by atoms with Crippen molar-refractivity contribution in [3.05, 3.63) is 63.4 Å². The van der Waals surface area contributed by atoms with Gasteiger partial charge in [-0.15, -0.1) is 0 Å². The van der Waals surface area contributed by atoms with Gasteiger partial charge in [-0.3, -0.25) is 4.79 Å². The Kier molecular flexibility index (Phi) is 5.63. The van der Waals surface area contributed by atoms with Crippen LogP contribution in [-0.4, -0.2) is 18.5 Å². The molecule has 0 aliphatic heterocycles. The summed E-state index contributed by atoms with van der Waals surface area (Å²) in [6, 6.07) is 6.45. The Morgan fingerprint density at radius 3 is 2.57 bits per heavy atom. The zero-order chi connectivity index (χ0) is 20.3. The summed E-state index contributed by atoms with van der Waals surface area (Å²) >= 11 is 0. The summed E-state index contributed by atoms with van der Waals surface area (Å²) in [5.74, 6) is -0.655. The van der Waals surface area contributed by atoms with Crippen molar-refractivity contribution in [3.63, 3.8) is 0 Å². The molecule has 0 fully saturated rings. The molecule has 0 N–H and O–H groups in total. The van der Waals surface area contributed by atoms with E-state index in [2.05, 4.69) is 0 Å². The number of hydrogen-bond donors (Lipinski definition) is 0. The molecular formula is C21H20O7. The number of rotatable bonds is 6. The third kappa shape index (κ3) is 3.83. The van der Waals surface area contributed by atoms with Crippen LogP contribution in [-0.2, 0) is 16.0 Å². The van der Waals surface area contributed by atoms with Crippen molar-refractivity contribution in [3.8, 4) is 5.75 Å². The molecule has 0 aliphatic rings. The van der Waals surface area contributed by atoms with Crippen LogP contribution >= 0.6 is 0 Å². The minimum absolute atomic E-state index is 0.0754. The first-order chi connectivity index (χ1) is 13.4. The minimum atomic E-state index is -0.641. The van der Waals surface area contributed by atoms with Gasteiger partial charge in [-0.05, 0) is 57.0 Å². The molecule has 0 spiro atoms. The molecule has 0 atom stereocenters. The summed E-state index contributed by atoms with van der Waals surface area (Å²) in [6.07, 6.45) is 1.71. The smallest absolute Gasteiger partial charge is 0.379 e. The molecule has 146 valence electrons. The first kappa shape index (κ1) is 19.4. The number of hydrogen-bond acceptors (Lipinski definition) is 7. The van der Waals surface area contributed by atoms with E-state index in [4.69, 9.17) is 18.3 Å². The Hall–Kier alpha value is -3.35. The maximum Gasteiger partial charge on any atom is 0.379 e. The third-order valence-corrected chi connectivity index (χ3v) is 4.46. The van der Waals surface area contributed by atoms with Crippen molar-refractivity contribution in [1.82, 2.24) is 0 Å². The Labute approximate surface area is 160 Å². The van der Waals surface area contributed by atoms with E-state index >= 15 is 0 Å². The highest BCUT2D eigenvalue weighted by atomic mass is 16.5. The van der Waals surface area contributed by atoms with Gasteiger partial charge in [-0.25, -0.2) is 9.59 Å². The van der Waals surface area contributed by atoms with E-state index in [9.17, 15) is 14.4 Å². The largest absolute Gasteiger partial charge is 0.466 e. The van der Waals surface area contributed by atoms with Gasteiger partial charge in [0.15, 0.2) is 0 Å². The van der Waals surface area contributed by atoms with E-state index < -0.39 is 11.6 Å². The number of furan rings is 1. The fourth-order valence-electron chi connectivity index (χ4n) is 2.98.